The molecule has 0 spiro atoms. The maximum atomic E-state index is 13.0. The van der Waals surface area contributed by atoms with Gasteiger partial charge in [0.15, 0.2) is 12.0 Å². The van der Waals surface area contributed by atoms with E-state index in [4.69, 9.17) is 14.0 Å². The largest absolute Gasteiger partial charge is 0.522 e. The van der Waals surface area contributed by atoms with E-state index in [9.17, 15) is 14.5 Å². The summed E-state index contributed by atoms with van der Waals surface area (Å²) in [6.07, 6.45) is 1.74. The second kappa shape index (κ2) is 8.69. The number of nitro groups is 1. The lowest BCUT2D eigenvalue weighted by Gasteiger charge is -2.19. The van der Waals surface area contributed by atoms with Gasteiger partial charge >= 0.3 is 5.82 Å². The van der Waals surface area contributed by atoms with Gasteiger partial charge in [0.1, 0.15) is 46.7 Å². The van der Waals surface area contributed by atoms with Crippen molar-refractivity contribution in [1.82, 2.24) is 15.6 Å². The van der Waals surface area contributed by atoms with E-state index in [-0.39, 0.29) is 18.2 Å². The molecule has 0 aliphatic carbocycles. The molecule has 0 saturated carbocycles. The van der Waals surface area contributed by atoms with Gasteiger partial charge in [-0.2, -0.15) is 4.99 Å². The molecule has 5 rings (SSSR count). The molecule has 1 radical (unpaired) electrons. The van der Waals surface area contributed by atoms with E-state index in [0.717, 1.165) is 5.56 Å². The van der Waals surface area contributed by atoms with Crippen molar-refractivity contribution in [3.8, 4) is 22.8 Å². The van der Waals surface area contributed by atoms with Crippen LogP contribution in [0.2, 0.25) is 0 Å². The lowest BCUT2D eigenvalue weighted by Crippen LogP contribution is -2.50. The predicted octanol–water partition coefficient (Wildman–Crippen LogP) is 3.73. The smallest absolute Gasteiger partial charge is 0.491 e. The Kier molecular flexibility index (Phi) is 5.56. The Hall–Kier alpha value is -4.09. The molecule has 3 aromatic rings. The molecular weight excluding hydrogens is 445 g/mol. The molecule has 1 fully saturated rings. The van der Waals surface area contributed by atoms with Gasteiger partial charge in [0.25, 0.3) is 5.84 Å². The van der Waals surface area contributed by atoms with Gasteiger partial charge in [0, 0.05) is 11.6 Å². The molecule has 1 N–H and O–H groups in total. The first-order valence-electron chi connectivity index (χ1n) is 10.4. The quantitative estimate of drug-likeness (QED) is 0.306. The van der Waals surface area contributed by atoms with Gasteiger partial charge in [0.05, 0.1) is 11.4 Å². The van der Waals surface area contributed by atoms with Crippen LogP contribution >= 0.6 is 0 Å². The summed E-state index contributed by atoms with van der Waals surface area (Å²) < 4.78 is 29.8. The van der Waals surface area contributed by atoms with Crippen molar-refractivity contribution < 1.29 is 23.3 Å². The molecule has 2 aromatic carbocycles. The monoisotopic (exact) mass is 465 g/mol. The molecule has 1 unspecified atom stereocenters. The molecule has 2 aliphatic heterocycles. The van der Waals surface area contributed by atoms with E-state index in [0.29, 0.717) is 41.8 Å². The molecule has 10 nitrogen and oxygen atoms in total. The normalized spacial score (nSPS) is 19.5. The first kappa shape index (κ1) is 21.7. The minimum absolute atomic E-state index is 0.0990. The van der Waals surface area contributed by atoms with E-state index >= 15 is 0 Å². The molecular formula is C23H20FN5O5+. The summed E-state index contributed by atoms with van der Waals surface area (Å²) in [5.74, 6) is 1.88. The summed E-state index contributed by atoms with van der Waals surface area (Å²) in [5, 5.41) is 16.6. The minimum atomic E-state index is -0.529. The topological polar surface area (TPSA) is 118 Å². The number of ether oxygens (including phenoxy) is 2. The number of benzene rings is 2. The minimum Gasteiger partial charge on any atom is -0.491 e. The van der Waals surface area contributed by atoms with Crippen molar-refractivity contribution >= 4 is 5.84 Å². The van der Waals surface area contributed by atoms with Crippen LogP contribution < -0.4 is 19.9 Å². The van der Waals surface area contributed by atoms with E-state index < -0.39 is 10.5 Å². The number of halogens is 1. The Balaban J connectivity index is 1.16. The molecule has 1 aromatic heterocycles. The molecule has 173 valence electrons. The fourth-order valence-electron chi connectivity index (χ4n) is 3.66. The van der Waals surface area contributed by atoms with Crippen LogP contribution in [0.15, 0.2) is 76.1 Å². The highest BCUT2D eigenvalue weighted by molar-refractivity contribution is 5.91. The lowest BCUT2D eigenvalue weighted by atomic mass is 10.0. The van der Waals surface area contributed by atoms with E-state index in [2.05, 4.69) is 15.6 Å². The highest BCUT2D eigenvalue weighted by Crippen LogP contribution is 2.28. The fourth-order valence-corrected chi connectivity index (χ4v) is 3.66. The van der Waals surface area contributed by atoms with Gasteiger partial charge in [0.2, 0.25) is 0 Å². The highest BCUT2D eigenvalue weighted by atomic mass is 19.1. The van der Waals surface area contributed by atoms with E-state index in [1.165, 1.54) is 23.3 Å². The van der Waals surface area contributed by atoms with E-state index in [1.807, 2.05) is 31.2 Å². The number of fused-ring (bicyclic) bond motifs is 1. The average molecular weight is 465 g/mol. The lowest BCUT2D eigenvalue weighted by molar-refractivity contribution is -0.436. The number of hydrogen-bond acceptors (Lipinski definition) is 9. The Bertz CT molecular complexity index is 1270. The second-order valence-corrected chi connectivity index (χ2v) is 8.21. The third-order valence-corrected chi connectivity index (χ3v) is 5.39. The van der Waals surface area contributed by atoms with Crippen molar-refractivity contribution in [3.05, 3.63) is 88.3 Å². The summed E-state index contributed by atoms with van der Waals surface area (Å²) >= 11 is 0. The van der Waals surface area contributed by atoms with Crippen LogP contribution in [0.4, 0.5) is 4.39 Å². The Morgan fingerprint density at radius 1 is 1.18 bits per heavy atom. The summed E-state index contributed by atoms with van der Waals surface area (Å²) in [5.41, 5.74) is 4.07. The van der Waals surface area contributed by atoms with Crippen LogP contribution in [0.25, 0.3) is 11.3 Å². The van der Waals surface area contributed by atoms with Gasteiger partial charge in [-0.3, -0.25) is 10.1 Å². The number of rotatable bonds is 8. The van der Waals surface area contributed by atoms with Crippen LogP contribution in [-0.2, 0) is 6.61 Å². The van der Waals surface area contributed by atoms with Gasteiger partial charge in [-0.1, -0.05) is 10.6 Å². The number of nitrogens with one attached hydrogen (secondary N) is 1. The first-order chi connectivity index (χ1) is 16.4. The maximum absolute atomic E-state index is 13.0. The molecule has 34 heavy (non-hydrogen) atoms. The molecule has 1 saturated heterocycles. The fraction of sp³-hybridized carbons (Fsp3) is 0.217. The highest BCUT2D eigenvalue weighted by Gasteiger charge is 2.56. The summed E-state index contributed by atoms with van der Waals surface area (Å²) in [7, 11) is 0. The van der Waals surface area contributed by atoms with Crippen molar-refractivity contribution in [2.24, 2.45) is 4.99 Å². The van der Waals surface area contributed by atoms with Gasteiger partial charge in [-0.25, -0.2) is 4.39 Å². The zero-order valence-corrected chi connectivity index (χ0v) is 18.1. The Labute approximate surface area is 193 Å². The molecule has 0 amide bonds. The van der Waals surface area contributed by atoms with Crippen molar-refractivity contribution in [1.29, 1.82) is 0 Å². The van der Waals surface area contributed by atoms with Crippen LogP contribution in [0, 0.1) is 15.9 Å². The SMILES string of the molecule is CC1(COc2ccc(-c3cc(COc4ccc(F)cc4)on3)cc2)CC2=NC=C([N+](=O)[O-])[N+]2N1. The third kappa shape index (κ3) is 4.51. The van der Waals surface area contributed by atoms with Gasteiger partial charge < -0.3 is 14.0 Å². The number of aliphatic imine (C=N–C) groups is 1. The van der Waals surface area contributed by atoms with Crippen LogP contribution in [0.3, 0.4) is 0 Å². The predicted molar refractivity (Wildman–Crippen MR) is 119 cm³/mol. The van der Waals surface area contributed by atoms with Crippen molar-refractivity contribution in [3.63, 3.8) is 0 Å². The maximum Gasteiger partial charge on any atom is 0.522 e. The Morgan fingerprint density at radius 3 is 2.62 bits per heavy atom. The van der Waals surface area contributed by atoms with Crippen LogP contribution in [0.1, 0.15) is 19.1 Å². The number of hydrogen-bond donors (Lipinski definition) is 1. The molecule has 2 aliphatic rings. The number of hydrazine groups is 1. The van der Waals surface area contributed by atoms with Crippen molar-refractivity contribution in [2.75, 3.05) is 6.61 Å². The van der Waals surface area contributed by atoms with Crippen LogP contribution in [0.5, 0.6) is 11.5 Å². The van der Waals surface area contributed by atoms with Crippen molar-refractivity contribution in [2.45, 2.75) is 25.5 Å². The summed E-state index contributed by atoms with van der Waals surface area (Å²) in [6.45, 7) is 2.38. The Morgan fingerprint density at radius 2 is 1.88 bits per heavy atom. The van der Waals surface area contributed by atoms with E-state index in [1.54, 1.807) is 18.2 Å². The number of aromatic nitrogens is 1. The first-order valence-corrected chi connectivity index (χ1v) is 10.4. The number of nitrogens with zero attached hydrogens (tertiary/aromatic N) is 4. The average Bonchev–Trinajstić information content (AvgIpc) is 3.52. The molecule has 0 bridgehead atoms. The third-order valence-electron chi connectivity index (χ3n) is 5.39. The standard InChI is InChI=1S/C23H20FN5O5/c1-23(11-21-25-12-22(29(30)31)28(21)27-23)14-33-18-6-2-15(3-7-18)20-10-19(34-26-20)13-32-17-8-4-16(24)5-9-17/h2-10,12,27H,11,13-14H2,1H3/q+1. The second-order valence-electron chi connectivity index (χ2n) is 8.21. The summed E-state index contributed by atoms with van der Waals surface area (Å²) in [4.78, 5) is 14.8. The van der Waals surface area contributed by atoms with Gasteiger partial charge in [-0.05, 0) is 55.5 Å². The van der Waals surface area contributed by atoms with Gasteiger partial charge in [-0.15, -0.1) is 0 Å². The summed E-state index contributed by atoms with van der Waals surface area (Å²) in [6, 6.07) is 14.9. The molecule has 3 heterocycles. The number of amidine groups is 1. The molecule has 1 atom stereocenters. The molecule has 11 heteroatoms. The zero-order chi connectivity index (χ0) is 23.7. The zero-order valence-electron chi connectivity index (χ0n) is 18.1. The van der Waals surface area contributed by atoms with Crippen LogP contribution in [-0.4, -0.2) is 28.1 Å².